The van der Waals surface area contributed by atoms with Crippen LogP contribution < -0.4 is 0 Å². The van der Waals surface area contributed by atoms with E-state index in [2.05, 4.69) is 53.0 Å². The number of hydrogen-bond acceptors (Lipinski definition) is 1. The standard InChI is InChI=1S/C11H25OPSi/c1-8-12-10(9-14(5,6)7)13-11(2,3)4/h9,13H,8H2,1-7H3/b10-9+. The lowest BCUT2D eigenvalue weighted by Crippen LogP contribution is -2.18. The van der Waals surface area contributed by atoms with Gasteiger partial charge in [-0.25, -0.2) is 0 Å². The van der Waals surface area contributed by atoms with Gasteiger partial charge in [0, 0.05) is 0 Å². The summed E-state index contributed by atoms with van der Waals surface area (Å²) in [5.74, 6) is 0. The van der Waals surface area contributed by atoms with Gasteiger partial charge in [0.05, 0.1) is 14.7 Å². The van der Waals surface area contributed by atoms with Crippen LogP contribution in [0.15, 0.2) is 11.2 Å². The van der Waals surface area contributed by atoms with Crippen molar-refractivity contribution in [3.8, 4) is 0 Å². The monoisotopic (exact) mass is 232 g/mol. The highest BCUT2D eigenvalue weighted by molar-refractivity contribution is 7.44. The minimum Gasteiger partial charge on any atom is -0.495 e. The molecule has 0 bridgehead atoms. The summed E-state index contributed by atoms with van der Waals surface area (Å²) in [6.07, 6.45) is 0. The molecule has 0 radical (unpaired) electrons. The molecule has 0 aromatic carbocycles. The van der Waals surface area contributed by atoms with Gasteiger partial charge in [0.2, 0.25) is 0 Å². The summed E-state index contributed by atoms with van der Waals surface area (Å²) in [5, 5.41) is 0.348. The predicted molar refractivity (Wildman–Crippen MR) is 71.1 cm³/mol. The van der Waals surface area contributed by atoms with E-state index < -0.39 is 8.07 Å². The van der Waals surface area contributed by atoms with Crippen molar-refractivity contribution in [3.63, 3.8) is 0 Å². The Morgan fingerprint density at radius 2 is 1.79 bits per heavy atom. The molecular weight excluding hydrogens is 207 g/mol. The molecule has 0 rings (SSSR count). The molecule has 3 heteroatoms. The minimum absolute atomic E-state index is 0.348. The lowest BCUT2D eigenvalue weighted by molar-refractivity contribution is 0.256. The van der Waals surface area contributed by atoms with Crippen molar-refractivity contribution in [3.05, 3.63) is 11.2 Å². The molecule has 0 fully saturated rings. The molecule has 84 valence electrons. The molecule has 0 aliphatic heterocycles. The number of ether oxygens (including phenoxy) is 1. The molecule has 0 saturated carbocycles. The molecule has 14 heavy (non-hydrogen) atoms. The van der Waals surface area contributed by atoms with Crippen LogP contribution in [0.3, 0.4) is 0 Å². The van der Waals surface area contributed by atoms with Gasteiger partial charge in [-0.2, -0.15) is 0 Å². The molecule has 1 nitrogen and oxygen atoms in total. The van der Waals surface area contributed by atoms with Crippen LogP contribution in [0.4, 0.5) is 0 Å². The van der Waals surface area contributed by atoms with Crippen molar-refractivity contribution < 1.29 is 4.74 Å². The van der Waals surface area contributed by atoms with Gasteiger partial charge < -0.3 is 4.74 Å². The lowest BCUT2D eigenvalue weighted by atomic mass is 10.3. The fraction of sp³-hybridized carbons (Fsp3) is 0.818. The molecule has 0 aromatic rings. The molecule has 0 aromatic heterocycles. The Kier molecular flexibility index (Phi) is 5.39. The summed E-state index contributed by atoms with van der Waals surface area (Å²) >= 11 is 0. The van der Waals surface area contributed by atoms with Crippen LogP contribution in [0.2, 0.25) is 19.6 Å². The molecular formula is C11H25OPSi. The Morgan fingerprint density at radius 1 is 1.29 bits per heavy atom. The number of rotatable bonds is 4. The Hall–Kier alpha value is 0.187. The first-order valence-corrected chi connectivity index (χ1v) is 9.85. The largest absolute Gasteiger partial charge is 0.495 e. The molecule has 1 unspecified atom stereocenters. The Labute approximate surface area is 92.1 Å². The van der Waals surface area contributed by atoms with Gasteiger partial charge in [-0.1, -0.05) is 46.1 Å². The third-order valence-electron chi connectivity index (χ3n) is 1.36. The van der Waals surface area contributed by atoms with E-state index in [0.29, 0.717) is 5.16 Å². The van der Waals surface area contributed by atoms with Gasteiger partial charge in [-0.05, 0) is 20.7 Å². The second kappa shape index (κ2) is 5.32. The van der Waals surface area contributed by atoms with Gasteiger partial charge in [0.25, 0.3) is 0 Å². The lowest BCUT2D eigenvalue weighted by Gasteiger charge is -2.22. The summed E-state index contributed by atoms with van der Waals surface area (Å²) in [6, 6.07) is 0. The summed E-state index contributed by atoms with van der Waals surface area (Å²) < 4.78 is 5.70. The first-order chi connectivity index (χ1) is 6.14. The van der Waals surface area contributed by atoms with E-state index in [0.717, 1.165) is 15.2 Å². The van der Waals surface area contributed by atoms with Crippen molar-refractivity contribution in [2.24, 2.45) is 0 Å². The fourth-order valence-electron chi connectivity index (χ4n) is 1.03. The molecule has 1 atom stereocenters. The quantitative estimate of drug-likeness (QED) is 0.400. The van der Waals surface area contributed by atoms with Crippen LogP contribution >= 0.6 is 8.58 Å². The zero-order chi connectivity index (χ0) is 11.4. The first kappa shape index (κ1) is 14.2. The Balaban J connectivity index is 4.53. The van der Waals surface area contributed by atoms with E-state index in [9.17, 15) is 0 Å². The first-order valence-electron chi connectivity index (χ1n) is 5.28. The fourth-order valence-corrected chi connectivity index (χ4v) is 4.45. The molecule has 0 N–H and O–H groups in total. The highest BCUT2D eigenvalue weighted by Gasteiger charge is 2.17. The average Bonchev–Trinajstić information content (AvgIpc) is 1.78. The second-order valence-corrected chi connectivity index (χ2v) is 12.9. The third-order valence-corrected chi connectivity index (χ3v) is 4.06. The van der Waals surface area contributed by atoms with E-state index in [1.54, 1.807) is 0 Å². The smallest absolute Gasteiger partial charge is 0.107 e. The van der Waals surface area contributed by atoms with Crippen molar-refractivity contribution in [1.82, 2.24) is 0 Å². The van der Waals surface area contributed by atoms with E-state index in [-0.39, 0.29) is 0 Å². The maximum Gasteiger partial charge on any atom is 0.107 e. The Bertz CT molecular complexity index is 198. The third kappa shape index (κ3) is 8.77. The van der Waals surface area contributed by atoms with Crippen LogP contribution in [0.1, 0.15) is 27.7 Å². The van der Waals surface area contributed by atoms with Crippen LogP contribution in [0, 0.1) is 0 Å². The van der Waals surface area contributed by atoms with Gasteiger partial charge >= 0.3 is 0 Å². The molecule has 0 spiro atoms. The van der Waals surface area contributed by atoms with Crippen LogP contribution in [-0.4, -0.2) is 19.8 Å². The van der Waals surface area contributed by atoms with Gasteiger partial charge in [0.15, 0.2) is 0 Å². The van der Waals surface area contributed by atoms with E-state index >= 15 is 0 Å². The maximum atomic E-state index is 5.70. The minimum atomic E-state index is -1.14. The summed E-state index contributed by atoms with van der Waals surface area (Å²) in [6.45, 7) is 16.7. The normalized spacial score (nSPS) is 15.2. The highest BCUT2D eigenvalue weighted by atomic mass is 31.1. The highest BCUT2D eigenvalue weighted by Crippen LogP contribution is 2.39. The van der Waals surface area contributed by atoms with Crippen molar-refractivity contribution in [2.75, 3.05) is 6.61 Å². The van der Waals surface area contributed by atoms with Crippen molar-refractivity contribution in [2.45, 2.75) is 52.5 Å². The van der Waals surface area contributed by atoms with Gasteiger partial charge in [-0.15, -0.1) is 0 Å². The average molecular weight is 232 g/mol. The Morgan fingerprint density at radius 3 is 2.07 bits per heavy atom. The van der Waals surface area contributed by atoms with Crippen LogP contribution in [-0.2, 0) is 4.74 Å². The SMILES string of the molecule is CCO/C(=C\[Si](C)(C)C)PC(C)(C)C. The summed E-state index contributed by atoms with van der Waals surface area (Å²) in [7, 11) is -0.351. The second-order valence-electron chi connectivity index (χ2n) is 5.68. The molecule has 0 heterocycles. The van der Waals surface area contributed by atoms with E-state index in [1.165, 1.54) is 5.50 Å². The maximum absolute atomic E-state index is 5.70. The molecule has 0 aliphatic carbocycles. The predicted octanol–water partition coefficient (Wildman–Crippen LogP) is 4.22. The topological polar surface area (TPSA) is 9.23 Å². The zero-order valence-electron chi connectivity index (χ0n) is 10.7. The van der Waals surface area contributed by atoms with E-state index in [4.69, 9.17) is 4.74 Å². The van der Waals surface area contributed by atoms with Gasteiger partial charge in [0.1, 0.15) is 5.50 Å². The molecule has 0 saturated heterocycles. The van der Waals surface area contributed by atoms with E-state index in [1.807, 2.05) is 0 Å². The summed E-state index contributed by atoms with van der Waals surface area (Å²) in [4.78, 5) is 0. The summed E-state index contributed by atoms with van der Waals surface area (Å²) in [5.41, 5.74) is 3.61. The zero-order valence-corrected chi connectivity index (χ0v) is 12.7. The van der Waals surface area contributed by atoms with Crippen LogP contribution in [0.25, 0.3) is 0 Å². The van der Waals surface area contributed by atoms with Crippen LogP contribution in [0.5, 0.6) is 0 Å². The molecule has 0 amide bonds. The van der Waals surface area contributed by atoms with Crippen molar-refractivity contribution in [1.29, 1.82) is 0 Å². The molecule has 0 aliphatic rings. The number of hydrogen-bond donors (Lipinski definition) is 0. The van der Waals surface area contributed by atoms with Gasteiger partial charge in [-0.3, -0.25) is 0 Å². The van der Waals surface area contributed by atoms with Crippen molar-refractivity contribution >= 4 is 16.7 Å².